The number of benzene rings is 1. The van der Waals surface area contributed by atoms with Crippen molar-refractivity contribution >= 4 is 17.4 Å². The van der Waals surface area contributed by atoms with Crippen LogP contribution < -0.4 is 4.74 Å². The van der Waals surface area contributed by atoms with Crippen LogP contribution in [0.1, 0.15) is 37.8 Å². The van der Waals surface area contributed by atoms with Crippen molar-refractivity contribution in [1.29, 1.82) is 0 Å². The lowest BCUT2D eigenvalue weighted by molar-refractivity contribution is -0.137. The molecule has 6 nitrogen and oxygen atoms in total. The molecule has 0 spiro atoms. The number of phenolic OH excluding ortho intramolecular Hbond substituents is 1. The second kappa shape index (κ2) is 5.86. The quantitative estimate of drug-likeness (QED) is 0.711. The van der Waals surface area contributed by atoms with Gasteiger partial charge in [0, 0.05) is 18.4 Å². The van der Waals surface area contributed by atoms with Crippen molar-refractivity contribution in [1.82, 2.24) is 0 Å². The molecular weight excluding hydrogens is 336 g/mol. The van der Waals surface area contributed by atoms with Gasteiger partial charge in [-0.05, 0) is 37.6 Å². The predicted octanol–water partition coefficient (Wildman–Crippen LogP) is 2.02. The van der Waals surface area contributed by atoms with E-state index < -0.39 is 29.8 Å². The lowest BCUT2D eigenvalue weighted by Gasteiger charge is -2.39. The molecule has 0 radical (unpaired) electrons. The summed E-state index contributed by atoms with van der Waals surface area (Å²) in [6.07, 6.45) is 3.43. The van der Waals surface area contributed by atoms with E-state index in [9.17, 15) is 20.1 Å². The van der Waals surface area contributed by atoms with Crippen molar-refractivity contribution in [3.05, 3.63) is 35.6 Å². The van der Waals surface area contributed by atoms with Gasteiger partial charge in [-0.3, -0.25) is 4.79 Å². The first-order valence-corrected chi connectivity index (χ1v) is 8.77. The Kier molecular flexibility index (Phi) is 3.86. The molecule has 2 heterocycles. The molecule has 1 fully saturated rings. The first-order valence-electron chi connectivity index (χ1n) is 8.77. The highest BCUT2D eigenvalue weighted by Crippen LogP contribution is 2.42. The number of fused-ring (bicyclic) bond motifs is 2. The highest BCUT2D eigenvalue weighted by Gasteiger charge is 2.45. The van der Waals surface area contributed by atoms with Gasteiger partial charge < -0.3 is 24.8 Å². The summed E-state index contributed by atoms with van der Waals surface area (Å²) in [6.45, 7) is 3.78. The third kappa shape index (κ3) is 2.79. The number of ketones is 1. The number of allylic oxidation sites excluding steroid dienone is 1. The second-order valence-corrected chi connectivity index (χ2v) is 7.74. The maximum Gasteiger partial charge on any atom is 0.175 e. The van der Waals surface area contributed by atoms with Gasteiger partial charge in [-0.1, -0.05) is 6.08 Å². The Balaban J connectivity index is 1.71. The normalized spacial score (nSPS) is 32.0. The number of ether oxygens (including phenoxy) is 2. The zero-order valence-corrected chi connectivity index (χ0v) is 14.7. The highest BCUT2D eigenvalue weighted by atomic mass is 16.5. The van der Waals surface area contributed by atoms with E-state index >= 15 is 0 Å². The van der Waals surface area contributed by atoms with Crippen LogP contribution >= 0.6 is 0 Å². The second-order valence-electron chi connectivity index (χ2n) is 7.74. The first-order chi connectivity index (χ1) is 12.2. The van der Waals surface area contributed by atoms with Gasteiger partial charge in [0.05, 0.1) is 30.0 Å². The number of carbonyl (C=O) groups excluding carboxylic acids is 1. The Labute approximate surface area is 151 Å². The summed E-state index contributed by atoms with van der Waals surface area (Å²) >= 11 is 0. The van der Waals surface area contributed by atoms with Gasteiger partial charge in [0.15, 0.2) is 17.3 Å². The molecule has 0 bridgehead atoms. The third-order valence-corrected chi connectivity index (χ3v) is 5.20. The summed E-state index contributed by atoms with van der Waals surface area (Å²) in [6, 6.07) is 3.24. The van der Waals surface area contributed by atoms with Gasteiger partial charge in [0.2, 0.25) is 0 Å². The Morgan fingerprint density at radius 2 is 1.96 bits per heavy atom. The van der Waals surface area contributed by atoms with E-state index in [1.165, 1.54) is 12.3 Å². The fourth-order valence-corrected chi connectivity index (χ4v) is 3.88. The van der Waals surface area contributed by atoms with Gasteiger partial charge >= 0.3 is 0 Å². The number of aliphatic hydroxyl groups is 2. The molecular formula is C20H22O6. The van der Waals surface area contributed by atoms with Crippen molar-refractivity contribution in [2.45, 2.75) is 50.6 Å². The van der Waals surface area contributed by atoms with Crippen LogP contribution in [0.4, 0.5) is 0 Å². The molecule has 3 aliphatic rings. The molecule has 4 atom stereocenters. The minimum atomic E-state index is -0.949. The van der Waals surface area contributed by atoms with Gasteiger partial charge in [-0.2, -0.15) is 0 Å². The molecule has 0 amide bonds. The number of carbonyl (C=O) groups is 1. The Bertz CT molecular complexity index is 822. The minimum Gasteiger partial charge on any atom is -0.504 e. The lowest BCUT2D eigenvalue weighted by Crippen LogP contribution is -2.48. The fraction of sp³-hybridized carbons (Fsp3) is 0.450. The van der Waals surface area contributed by atoms with Crippen molar-refractivity contribution in [3.63, 3.8) is 0 Å². The van der Waals surface area contributed by atoms with Crippen molar-refractivity contribution in [3.8, 4) is 11.5 Å². The van der Waals surface area contributed by atoms with Crippen LogP contribution in [0.15, 0.2) is 24.5 Å². The maximum absolute atomic E-state index is 12.9. The first kappa shape index (κ1) is 17.1. The van der Waals surface area contributed by atoms with Gasteiger partial charge in [-0.15, -0.1) is 0 Å². The Morgan fingerprint density at radius 3 is 2.73 bits per heavy atom. The van der Waals surface area contributed by atoms with Gasteiger partial charge in [0.25, 0.3) is 0 Å². The number of hydrogen-bond acceptors (Lipinski definition) is 6. The van der Waals surface area contributed by atoms with E-state index in [1.54, 1.807) is 6.07 Å². The van der Waals surface area contributed by atoms with Crippen LogP contribution in [0.3, 0.4) is 0 Å². The SMILES string of the molecule is CC1(C)C=Cc2cc(C3=COC4CC(O)CC(O)C4C3=O)cc(O)c2O1. The van der Waals surface area contributed by atoms with E-state index in [2.05, 4.69) is 0 Å². The number of rotatable bonds is 1. The van der Waals surface area contributed by atoms with E-state index in [-0.39, 0.29) is 18.0 Å². The zero-order valence-electron chi connectivity index (χ0n) is 14.7. The summed E-state index contributed by atoms with van der Waals surface area (Å²) in [5.41, 5.74) is 0.971. The molecule has 4 rings (SSSR count). The molecule has 0 aromatic heterocycles. The zero-order chi connectivity index (χ0) is 18.6. The Morgan fingerprint density at radius 1 is 1.19 bits per heavy atom. The van der Waals surface area contributed by atoms with Crippen molar-refractivity contribution < 1.29 is 29.6 Å². The lowest BCUT2D eigenvalue weighted by atomic mass is 9.76. The molecule has 3 N–H and O–H groups in total. The van der Waals surface area contributed by atoms with Crippen LogP contribution in [0.25, 0.3) is 11.6 Å². The molecule has 6 heteroatoms. The molecule has 138 valence electrons. The molecule has 1 aromatic carbocycles. The topological polar surface area (TPSA) is 96.2 Å². The highest BCUT2D eigenvalue weighted by molar-refractivity contribution is 6.22. The molecule has 1 aliphatic carbocycles. The smallest absolute Gasteiger partial charge is 0.175 e. The summed E-state index contributed by atoms with van der Waals surface area (Å²) < 4.78 is 11.4. The molecule has 0 saturated heterocycles. The average Bonchev–Trinajstić information content (AvgIpc) is 2.54. The molecule has 4 unspecified atom stereocenters. The monoisotopic (exact) mass is 358 g/mol. The van der Waals surface area contributed by atoms with E-state index in [1.807, 2.05) is 26.0 Å². The van der Waals surface area contributed by atoms with Crippen LogP contribution in [-0.4, -0.2) is 45.0 Å². The van der Waals surface area contributed by atoms with Crippen molar-refractivity contribution in [2.24, 2.45) is 5.92 Å². The number of Topliss-reactive ketones (excluding diaryl/α,β-unsaturated/α-hetero) is 1. The van der Waals surface area contributed by atoms with Crippen LogP contribution in [0, 0.1) is 5.92 Å². The van der Waals surface area contributed by atoms with Crippen molar-refractivity contribution in [2.75, 3.05) is 0 Å². The third-order valence-electron chi connectivity index (χ3n) is 5.20. The predicted molar refractivity (Wildman–Crippen MR) is 94.4 cm³/mol. The molecule has 2 aliphatic heterocycles. The standard InChI is InChI=1S/C20H22O6/c1-20(2)4-3-10-5-11(6-15(23)19(10)26-20)13-9-25-16-8-12(21)7-14(22)17(16)18(13)24/h3-6,9,12,14,16-17,21-23H,7-8H2,1-2H3. The van der Waals surface area contributed by atoms with Crippen LogP contribution in [-0.2, 0) is 9.53 Å². The number of aliphatic hydroxyl groups excluding tert-OH is 2. The van der Waals surface area contributed by atoms with Gasteiger partial charge in [0.1, 0.15) is 11.7 Å². The minimum absolute atomic E-state index is 0.0506. The summed E-state index contributed by atoms with van der Waals surface area (Å²) in [5, 5.41) is 30.4. The Hall–Kier alpha value is -2.31. The fourth-order valence-electron chi connectivity index (χ4n) is 3.88. The number of aromatic hydroxyl groups is 1. The number of phenols is 1. The van der Waals surface area contributed by atoms with E-state index in [0.29, 0.717) is 28.9 Å². The summed E-state index contributed by atoms with van der Waals surface area (Å²) in [4.78, 5) is 12.9. The number of hydrogen-bond donors (Lipinski definition) is 3. The largest absolute Gasteiger partial charge is 0.504 e. The molecule has 1 saturated carbocycles. The average molecular weight is 358 g/mol. The van der Waals surface area contributed by atoms with E-state index in [4.69, 9.17) is 9.47 Å². The van der Waals surface area contributed by atoms with Crippen LogP contribution in [0.2, 0.25) is 0 Å². The van der Waals surface area contributed by atoms with Crippen LogP contribution in [0.5, 0.6) is 11.5 Å². The maximum atomic E-state index is 12.9. The summed E-state index contributed by atoms with van der Waals surface area (Å²) in [5.74, 6) is -0.613. The molecule has 1 aromatic rings. The summed E-state index contributed by atoms with van der Waals surface area (Å²) in [7, 11) is 0. The molecule has 26 heavy (non-hydrogen) atoms. The van der Waals surface area contributed by atoms with E-state index in [0.717, 1.165) is 0 Å². The van der Waals surface area contributed by atoms with Gasteiger partial charge in [-0.25, -0.2) is 0 Å².